The molecule has 0 aliphatic rings. The fourth-order valence-electron chi connectivity index (χ4n) is 1.09. The molecule has 0 saturated carbocycles. The molecule has 0 aliphatic carbocycles. The van der Waals surface area contributed by atoms with E-state index in [1.165, 1.54) is 6.07 Å². The van der Waals surface area contributed by atoms with Gasteiger partial charge in [0.1, 0.15) is 5.82 Å². The van der Waals surface area contributed by atoms with Gasteiger partial charge in [0.05, 0.1) is 0 Å². The van der Waals surface area contributed by atoms with Crippen LogP contribution in [0.5, 0.6) is 0 Å². The summed E-state index contributed by atoms with van der Waals surface area (Å²) < 4.78 is 0. The van der Waals surface area contributed by atoms with Crippen LogP contribution in [0.2, 0.25) is 0 Å². The minimum atomic E-state index is -0.195. The lowest BCUT2D eigenvalue weighted by Crippen LogP contribution is -2.08. The van der Waals surface area contributed by atoms with Crippen LogP contribution in [0, 0.1) is 6.92 Å². The lowest BCUT2D eigenvalue weighted by Gasteiger charge is -2.00. The van der Waals surface area contributed by atoms with Crippen molar-refractivity contribution in [3.8, 4) is 0 Å². The van der Waals surface area contributed by atoms with Crippen LogP contribution in [-0.2, 0) is 0 Å². The quantitative estimate of drug-likeness (QED) is 0.740. The highest BCUT2D eigenvalue weighted by Crippen LogP contribution is 2.19. The molecule has 0 amide bonds. The third kappa shape index (κ3) is 2.57. The first-order valence-corrected chi connectivity index (χ1v) is 5.29. The van der Waals surface area contributed by atoms with Crippen molar-refractivity contribution in [2.75, 3.05) is 5.73 Å². The van der Waals surface area contributed by atoms with Gasteiger partial charge in [0.15, 0.2) is 10.3 Å². The summed E-state index contributed by atoms with van der Waals surface area (Å²) in [5.74, 6) is 0.382. The molecule has 16 heavy (non-hydrogen) atoms. The Labute approximate surface area is 95.4 Å². The normalized spacial score (nSPS) is 10.3. The van der Waals surface area contributed by atoms with Crippen LogP contribution in [0.4, 0.5) is 5.82 Å². The second-order valence-corrected chi connectivity index (χ2v) is 4.01. The molecule has 0 atom stereocenters. The first-order chi connectivity index (χ1) is 7.63. The third-order valence-electron chi connectivity index (χ3n) is 1.69. The van der Waals surface area contributed by atoms with Crippen molar-refractivity contribution < 1.29 is 0 Å². The van der Waals surface area contributed by atoms with E-state index in [-0.39, 0.29) is 5.56 Å². The smallest absolute Gasteiger partial charge is 0.251 e. The van der Waals surface area contributed by atoms with Crippen LogP contribution in [0.15, 0.2) is 33.4 Å². The second-order valence-electron chi connectivity index (χ2n) is 3.06. The molecule has 2 aromatic heterocycles. The lowest BCUT2D eigenvalue weighted by molar-refractivity contribution is 0.890. The van der Waals surface area contributed by atoms with E-state index in [2.05, 4.69) is 19.9 Å². The molecule has 0 aromatic carbocycles. The van der Waals surface area contributed by atoms with E-state index in [9.17, 15) is 4.79 Å². The van der Waals surface area contributed by atoms with E-state index in [1.54, 1.807) is 19.2 Å². The molecule has 0 aliphatic heterocycles. The van der Waals surface area contributed by atoms with Crippen LogP contribution < -0.4 is 11.3 Å². The fraction of sp³-hybridized carbons (Fsp3) is 0.111. The number of anilines is 1. The number of aromatic amines is 1. The first-order valence-electron chi connectivity index (χ1n) is 4.48. The number of nitrogen functional groups attached to an aromatic ring is 1. The summed E-state index contributed by atoms with van der Waals surface area (Å²) in [4.78, 5) is 25.9. The first kappa shape index (κ1) is 10.6. The number of aromatic nitrogens is 4. The fourth-order valence-corrected chi connectivity index (χ4v) is 1.87. The van der Waals surface area contributed by atoms with Gasteiger partial charge in [-0.05, 0) is 24.8 Å². The molecule has 6 nitrogen and oxygen atoms in total. The number of nitrogens with one attached hydrogen (secondary N) is 1. The Morgan fingerprint density at radius 2 is 2.25 bits per heavy atom. The van der Waals surface area contributed by atoms with Crippen molar-refractivity contribution >= 4 is 17.6 Å². The van der Waals surface area contributed by atoms with Gasteiger partial charge in [-0.25, -0.2) is 15.0 Å². The molecule has 0 saturated heterocycles. The Kier molecular flexibility index (Phi) is 2.86. The van der Waals surface area contributed by atoms with E-state index < -0.39 is 0 Å². The highest BCUT2D eigenvalue weighted by atomic mass is 32.2. The minimum absolute atomic E-state index is 0.195. The van der Waals surface area contributed by atoms with Crippen molar-refractivity contribution in [3.05, 3.63) is 34.4 Å². The summed E-state index contributed by atoms with van der Waals surface area (Å²) in [6.07, 6.45) is 1.55. The number of nitrogens with two attached hydrogens (primary N) is 1. The van der Waals surface area contributed by atoms with Crippen LogP contribution in [0.3, 0.4) is 0 Å². The van der Waals surface area contributed by atoms with Crippen molar-refractivity contribution in [2.24, 2.45) is 0 Å². The predicted molar refractivity (Wildman–Crippen MR) is 60.2 cm³/mol. The number of aryl methyl sites for hydroxylation is 1. The number of rotatable bonds is 2. The van der Waals surface area contributed by atoms with Gasteiger partial charge in [0, 0.05) is 18.0 Å². The zero-order valence-corrected chi connectivity index (χ0v) is 9.28. The van der Waals surface area contributed by atoms with Crippen LogP contribution in [0.25, 0.3) is 0 Å². The van der Waals surface area contributed by atoms with Crippen LogP contribution >= 0.6 is 11.8 Å². The van der Waals surface area contributed by atoms with E-state index in [0.29, 0.717) is 21.8 Å². The van der Waals surface area contributed by atoms with Crippen LogP contribution in [0.1, 0.15) is 5.69 Å². The molecule has 0 bridgehead atoms. The monoisotopic (exact) mass is 235 g/mol. The maximum atomic E-state index is 11.2. The van der Waals surface area contributed by atoms with Gasteiger partial charge in [-0.2, -0.15) is 0 Å². The molecule has 2 heterocycles. The van der Waals surface area contributed by atoms with Gasteiger partial charge >= 0.3 is 0 Å². The molecule has 3 N–H and O–H groups in total. The summed E-state index contributed by atoms with van der Waals surface area (Å²) in [6, 6.07) is 3.01. The summed E-state index contributed by atoms with van der Waals surface area (Å²) >= 11 is 1.16. The van der Waals surface area contributed by atoms with Crippen LogP contribution in [-0.4, -0.2) is 19.9 Å². The van der Waals surface area contributed by atoms with Crippen molar-refractivity contribution in [1.29, 1.82) is 0 Å². The van der Waals surface area contributed by atoms with Crippen molar-refractivity contribution in [1.82, 2.24) is 19.9 Å². The van der Waals surface area contributed by atoms with Crippen molar-refractivity contribution in [2.45, 2.75) is 17.2 Å². The minimum Gasteiger partial charge on any atom is -0.384 e. The maximum absolute atomic E-state index is 11.2. The Hall–Kier alpha value is -1.89. The van der Waals surface area contributed by atoms with E-state index in [1.807, 2.05) is 0 Å². The summed E-state index contributed by atoms with van der Waals surface area (Å²) in [7, 11) is 0. The molecule has 0 radical (unpaired) electrons. The lowest BCUT2D eigenvalue weighted by atomic mass is 10.5. The zero-order chi connectivity index (χ0) is 11.5. The second kappa shape index (κ2) is 4.31. The number of hydrogen-bond acceptors (Lipinski definition) is 6. The van der Waals surface area contributed by atoms with E-state index >= 15 is 0 Å². The number of H-pyrrole nitrogens is 1. The highest BCUT2D eigenvalue weighted by molar-refractivity contribution is 7.99. The zero-order valence-electron chi connectivity index (χ0n) is 8.47. The number of nitrogens with zero attached hydrogens (tertiary/aromatic N) is 3. The molecule has 0 fully saturated rings. The molecular formula is C9H9N5OS. The molecule has 82 valence electrons. The molecule has 0 unspecified atom stereocenters. The van der Waals surface area contributed by atoms with Gasteiger partial charge in [-0.15, -0.1) is 0 Å². The van der Waals surface area contributed by atoms with Gasteiger partial charge in [0.25, 0.3) is 5.56 Å². The summed E-state index contributed by atoms with van der Waals surface area (Å²) in [6.45, 7) is 1.75. The Bertz CT molecular complexity index is 568. The highest BCUT2D eigenvalue weighted by Gasteiger charge is 2.04. The topological polar surface area (TPSA) is 97.5 Å². The molecular weight excluding hydrogens is 226 g/mol. The Balaban J connectivity index is 2.30. The van der Waals surface area contributed by atoms with Crippen molar-refractivity contribution in [3.63, 3.8) is 0 Å². The summed E-state index contributed by atoms with van der Waals surface area (Å²) in [5.41, 5.74) is 5.97. The van der Waals surface area contributed by atoms with Gasteiger partial charge in [0.2, 0.25) is 0 Å². The molecule has 0 spiro atoms. The van der Waals surface area contributed by atoms with E-state index in [4.69, 9.17) is 5.73 Å². The average Bonchev–Trinajstić information content (AvgIpc) is 2.15. The van der Waals surface area contributed by atoms with E-state index in [0.717, 1.165) is 11.8 Å². The van der Waals surface area contributed by atoms with Gasteiger partial charge in [-0.3, -0.25) is 4.79 Å². The van der Waals surface area contributed by atoms with Gasteiger partial charge < -0.3 is 10.7 Å². The number of hydrogen-bond donors (Lipinski definition) is 2. The summed E-state index contributed by atoms with van der Waals surface area (Å²) in [5, 5.41) is 0.907. The standard InChI is InChI=1S/C9H9N5OS/c1-5-4-7(15)14-9(12-5)16-8-11-3-2-6(10)13-8/h2-4H,1H3,(H2,10,11,13)(H,12,14,15). The largest absolute Gasteiger partial charge is 0.384 e. The maximum Gasteiger partial charge on any atom is 0.251 e. The Morgan fingerprint density at radius 3 is 2.94 bits per heavy atom. The van der Waals surface area contributed by atoms with Gasteiger partial charge in [-0.1, -0.05) is 0 Å². The average molecular weight is 235 g/mol. The molecule has 2 aromatic rings. The molecule has 7 heteroatoms. The SMILES string of the molecule is Cc1cc(=O)[nH]c(Sc2nccc(N)n2)n1. The third-order valence-corrected chi connectivity index (χ3v) is 2.46. The molecule has 2 rings (SSSR count). The predicted octanol–water partition coefficient (Wildman–Crippen LogP) is 0.602. The Morgan fingerprint density at radius 1 is 1.44 bits per heavy atom.